The Morgan fingerprint density at radius 1 is 1.33 bits per heavy atom. The van der Waals surface area contributed by atoms with E-state index in [1.807, 2.05) is 17.9 Å². The molecule has 1 unspecified atom stereocenters. The maximum atomic E-state index is 4.23. The van der Waals surface area contributed by atoms with Crippen LogP contribution in [0.25, 0.3) is 0 Å². The first kappa shape index (κ1) is 14.3. The molecule has 1 heterocycles. The van der Waals surface area contributed by atoms with Gasteiger partial charge in [0, 0.05) is 19.3 Å². The molecule has 0 radical (unpaired) electrons. The summed E-state index contributed by atoms with van der Waals surface area (Å²) >= 11 is 0. The molecule has 0 spiro atoms. The average Bonchev–Trinajstić information content (AvgIpc) is 2.87. The second kappa shape index (κ2) is 5.64. The van der Waals surface area contributed by atoms with Crippen LogP contribution in [-0.2, 0) is 18.9 Å². The largest absolute Gasteiger partial charge is 0.310 e. The van der Waals surface area contributed by atoms with Crippen molar-refractivity contribution < 1.29 is 0 Å². The zero-order chi connectivity index (χ0) is 14.9. The molecule has 3 nitrogen and oxygen atoms in total. The third-order valence-electron chi connectivity index (χ3n) is 4.69. The second-order valence-electron chi connectivity index (χ2n) is 6.79. The normalized spacial score (nSPS) is 20.2. The van der Waals surface area contributed by atoms with E-state index in [2.05, 4.69) is 54.7 Å². The Labute approximate surface area is 127 Å². The highest BCUT2D eigenvalue weighted by molar-refractivity contribution is 5.38. The van der Waals surface area contributed by atoms with Crippen molar-refractivity contribution in [3.05, 3.63) is 53.3 Å². The monoisotopic (exact) mass is 283 g/mol. The molecule has 0 bridgehead atoms. The first-order valence-corrected chi connectivity index (χ1v) is 7.86. The number of hydrogen-bond acceptors (Lipinski definition) is 2. The third kappa shape index (κ3) is 3.03. The molecule has 0 saturated heterocycles. The molecule has 3 rings (SSSR count). The van der Waals surface area contributed by atoms with Crippen molar-refractivity contribution in [2.75, 3.05) is 6.54 Å². The van der Waals surface area contributed by atoms with Crippen LogP contribution in [0.1, 0.15) is 49.4 Å². The van der Waals surface area contributed by atoms with E-state index in [-0.39, 0.29) is 0 Å². The van der Waals surface area contributed by atoms with Crippen molar-refractivity contribution in [3.63, 3.8) is 0 Å². The SMILES string of the molecule is Cn1cc(CCNC2CCC(C)(C)c3ccccc32)cn1. The van der Waals surface area contributed by atoms with Crippen LogP contribution in [0.5, 0.6) is 0 Å². The van der Waals surface area contributed by atoms with E-state index in [1.54, 1.807) is 0 Å². The smallest absolute Gasteiger partial charge is 0.0522 e. The highest BCUT2D eigenvalue weighted by Crippen LogP contribution is 2.41. The molecule has 21 heavy (non-hydrogen) atoms. The molecule has 1 aliphatic carbocycles. The number of nitrogens with zero attached hydrogens (tertiary/aromatic N) is 2. The van der Waals surface area contributed by atoms with Gasteiger partial charge in [-0.15, -0.1) is 0 Å². The number of rotatable bonds is 4. The third-order valence-corrected chi connectivity index (χ3v) is 4.69. The number of aromatic nitrogens is 2. The Bertz CT molecular complexity index is 612. The van der Waals surface area contributed by atoms with Gasteiger partial charge in [-0.1, -0.05) is 38.1 Å². The zero-order valence-corrected chi connectivity index (χ0v) is 13.3. The highest BCUT2D eigenvalue weighted by Gasteiger charge is 2.31. The van der Waals surface area contributed by atoms with E-state index in [1.165, 1.54) is 29.5 Å². The van der Waals surface area contributed by atoms with Gasteiger partial charge in [0.15, 0.2) is 0 Å². The van der Waals surface area contributed by atoms with Gasteiger partial charge in [0.25, 0.3) is 0 Å². The fourth-order valence-electron chi connectivity index (χ4n) is 3.42. The molecule has 1 aromatic heterocycles. The number of fused-ring (bicyclic) bond motifs is 1. The van der Waals surface area contributed by atoms with Crippen molar-refractivity contribution in [2.24, 2.45) is 7.05 Å². The van der Waals surface area contributed by atoms with Gasteiger partial charge in [-0.25, -0.2) is 0 Å². The van der Waals surface area contributed by atoms with Crippen LogP contribution in [0.3, 0.4) is 0 Å². The zero-order valence-electron chi connectivity index (χ0n) is 13.3. The lowest BCUT2D eigenvalue weighted by Gasteiger charge is -2.37. The fourth-order valence-corrected chi connectivity index (χ4v) is 3.42. The lowest BCUT2D eigenvalue weighted by molar-refractivity contribution is 0.359. The Balaban J connectivity index is 1.66. The van der Waals surface area contributed by atoms with Crippen molar-refractivity contribution in [1.29, 1.82) is 0 Å². The summed E-state index contributed by atoms with van der Waals surface area (Å²) in [5, 5.41) is 7.96. The Kier molecular flexibility index (Phi) is 3.85. The Hall–Kier alpha value is -1.61. The molecule has 1 aromatic carbocycles. The molecular weight excluding hydrogens is 258 g/mol. The quantitative estimate of drug-likeness (QED) is 0.932. The van der Waals surface area contributed by atoms with Crippen LogP contribution in [0, 0.1) is 0 Å². The second-order valence-corrected chi connectivity index (χ2v) is 6.79. The molecule has 1 atom stereocenters. The summed E-state index contributed by atoms with van der Waals surface area (Å²) in [4.78, 5) is 0. The van der Waals surface area contributed by atoms with E-state index < -0.39 is 0 Å². The first-order chi connectivity index (χ1) is 10.1. The van der Waals surface area contributed by atoms with Crippen LogP contribution >= 0.6 is 0 Å². The van der Waals surface area contributed by atoms with Crippen LogP contribution in [0.4, 0.5) is 0 Å². The number of nitrogens with one attached hydrogen (secondary N) is 1. The van der Waals surface area contributed by atoms with Gasteiger partial charge in [-0.2, -0.15) is 5.10 Å². The molecule has 1 N–H and O–H groups in total. The Morgan fingerprint density at radius 2 is 2.14 bits per heavy atom. The molecule has 1 aliphatic rings. The predicted molar refractivity (Wildman–Crippen MR) is 86.4 cm³/mol. The predicted octanol–water partition coefficient (Wildman–Crippen LogP) is 3.36. The minimum Gasteiger partial charge on any atom is -0.310 e. The molecule has 0 amide bonds. The lowest BCUT2D eigenvalue weighted by atomic mass is 9.71. The lowest BCUT2D eigenvalue weighted by Crippen LogP contribution is -2.33. The van der Waals surface area contributed by atoms with Crippen molar-refractivity contribution in [3.8, 4) is 0 Å². The summed E-state index contributed by atoms with van der Waals surface area (Å²) in [6.07, 6.45) is 7.56. The van der Waals surface area contributed by atoms with Gasteiger partial charge in [-0.05, 0) is 47.9 Å². The van der Waals surface area contributed by atoms with Gasteiger partial charge in [-0.3, -0.25) is 4.68 Å². The van der Waals surface area contributed by atoms with Crippen molar-refractivity contribution in [2.45, 2.75) is 44.6 Å². The van der Waals surface area contributed by atoms with Crippen molar-refractivity contribution >= 4 is 0 Å². The van der Waals surface area contributed by atoms with Crippen LogP contribution in [-0.4, -0.2) is 16.3 Å². The number of hydrogen-bond donors (Lipinski definition) is 1. The summed E-state index contributed by atoms with van der Waals surface area (Å²) < 4.78 is 1.87. The topological polar surface area (TPSA) is 29.9 Å². The summed E-state index contributed by atoms with van der Waals surface area (Å²) in [6.45, 7) is 5.72. The standard InChI is InChI=1S/C18H25N3/c1-18(2)10-8-17(15-6-4-5-7-16(15)18)19-11-9-14-12-20-21(3)13-14/h4-7,12-13,17,19H,8-11H2,1-3H3. The summed E-state index contributed by atoms with van der Waals surface area (Å²) in [5.74, 6) is 0. The van der Waals surface area contributed by atoms with Crippen LogP contribution in [0.2, 0.25) is 0 Å². The summed E-state index contributed by atoms with van der Waals surface area (Å²) in [6, 6.07) is 9.41. The molecule has 0 aliphatic heterocycles. The first-order valence-electron chi connectivity index (χ1n) is 7.86. The average molecular weight is 283 g/mol. The van der Waals surface area contributed by atoms with Gasteiger partial charge < -0.3 is 5.32 Å². The van der Waals surface area contributed by atoms with E-state index in [9.17, 15) is 0 Å². The molecule has 0 fully saturated rings. The number of benzene rings is 1. The Morgan fingerprint density at radius 3 is 2.90 bits per heavy atom. The van der Waals surface area contributed by atoms with E-state index in [4.69, 9.17) is 0 Å². The summed E-state index contributed by atoms with van der Waals surface area (Å²) in [5.41, 5.74) is 4.60. The minimum absolute atomic E-state index is 0.304. The highest BCUT2D eigenvalue weighted by atomic mass is 15.2. The molecule has 2 aromatic rings. The van der Waals surface area contributed by atoms with Gasteiger partial charge in [0.2, 0.25) is 0 Å². The minimum atomic E-state index is 0.304. The van der Waals surface area contributed by atoms with E-state index in [0.717, 1.165) is 13.0 Å². The van der Waals surface area contributed by atoms with Crippen molar-refractivity contribution in [1.82, 2.24) is 15.1 Å². The van der Waals surface area contributed by atoms with E-state index in [0.29, 0.717) is 11.5 Å². The summed E-state index contributed by atoms with van der Waals surface area (Å²) in [7, 11) is 1.97. The maximum Gasteiger partial charge on any atom is 0.0522 e. The molecule has 3 heteroatoms. The van der Waals surface area contributed by atoms with Crippen LogP contribution in [0.15, 0.2) is 36.7 Å². The van der Waals surface area contributed by atoms with Gasteiger partial charge >= 0.3 is 0 Å². The van der Waals surface area contributed by atoms with Gasteiger partial charge in [0.1, 0.15) is 0 Å². The maximum absolute atomic E-state index is 4.23. The molecular formula is C18H25N3. The van der Waals surface area contributed by atoms with Gasteiger partial charge in [0.05, 0.1) is 6.20 Å². The molecule has 112 valence electrons. The molecule has 0 saturated carbocycles. The van der Waals surface area contributed by atoms with E-state index >= 15 is 0 Å². The number of aryl methyl sites for hydroxylation is 1. The van der Waals surface area contributed by atoms with Crippen LogP contribution < -0.4 is 5.32 Å². The fraction of sp³-hybridized carbons (Fsp3) is 0.500.